The summed E-state index contributed by atoms with van der Waals surface area (Å²) < 4.78 is 0. The minimum atomic E-state index is -0.481. The van der Waals surface area contributed by atoms with Gasteiger partial charge in [0.05, 0.1) is 16.9 Å². The minimum absolute atomic E-state index is 0.389. The number of benzene rings is 1. The van der Waals surface area contributed by atoms with E-state index < -0.39 is 5.91 Å². The highest BCUT2D eigenvalue weighted by Gasteiger charge is 2.21. The lowest BCUT2D eigenvalue weighted by Gasteiger charge is -2.15. The summed E-state index contributed by atoms with van der Waals surface area (Å²) in [5.74, 6) is 1.05. The van der Waals surface area contributed by atoms with Crippen LogP contribution in [0.3, 0.4) is 0 Å². The Balaban J connectivity index is 2.01. The van der Waals surface area contributed by atoms with Gasteiger partial charge in [-0.15, -0.1) is 0 Å². The van der Waals surface area contributed by atoms with Crippen LogP contribution >= 0.6 is 0 Å². The summed E-state index contributed by atoms with van der Waals surface area (Å²) in [6.07, 6.45) is 3.84. The zero-order chi connectivity index (χ0) is 13.1. The van der Waals surface area contributed by atoms with E-state index in [1.807, 2.05) is 6.07 Å². The molecule has 1 saturated carbocycles. The molecule has 1 amide bonds. The smallest absolute Gasteiger partial charge is 0.250 e. The molecule has 1 aromatic carbocycles. The first kappa shape index (κ1) is 12.7. The van der Waals surface area contributed by atoms with Crippen LogP contribution in [0.15, 0.2) is 18.2 Å². The van der Waals surface area contributed by atoms with Crippen molar-refractivity contribution < 1.29 is 4.79 Å². The van der Waals surface area contributed by atoms with Gasteiger partial charge in [-0.25, -0.2) is 0 Å². The van der Waals surface area contributed by atoms with Crippen LogP contribution in [0.5, 0.6) is 0 Å². The molecule has 0 aromatic heterocycles. The van der Waals surface area contributed by atoms with Crippen LogP contribution in [-0.2, 0) is 0 Å². The maximum absolute atomic E-state index is 11.2. The lowest BCUT2D eigenvalue weighted by Crippen LogP contribution is -2.17. The summed E-state index contributed by atoms with van der Waals surface area (Å²) in [4.78, 5) is 11.2. The number of rotatable bonds is 4. The predicted molar refractivity (Wildman–Crippen MR) is 74.4 cm³/mol. The van der Waals surface area contributed by atoms with Gasteiger partial charge >= 0.3 is 0 Å². The third-order valence-corrected chi connectivity index (χ3v) is 3.76. The van der Waals surface area contributed by atoms with E-state index in [4.69, 9.17) is 11.5 Å². The molecule has 2 atom stereocenters. The van der Waals surface area contributed by atoms with Gasteiger partial charge in [0.2, 0.25) is 0 Å². The Morgan fingerprint density at radius 2 is 2.22 bits per heavy atom. The van der Waals surface area contributed by atoms with E-state index in [0.717, 1.165) is 18.2 Å². The monoisotopic (exact) mass is 247 g/mol. The van der Waals surface area contributed by atoms with E-state index in [9.17, 15) is 4.79 Å². The number of nitrogens with one attached hydrogen (secondary N) is 1. The zero-order valence-corrected chi connectivity index (χ0v) is 10.8. The van der Waals surface area contributed by atoms with E-state index in [0.29, 0.717) is 17.2 Å². The fourth-order valence-corrected chi connectivity index (χ4v) is 2.70. The Hall–Kier alpha value is -1.71. The van der Waals surface area contributed by atoms with Crippen LogP contribution in [0.4, 0.5) is 11.4 Å². The average Bonchev–Trinajstić information content (AvgIpc) is 2.73. The third kappa shape index (κ3) is 2.75. The van der Waals surface area contributed by atoms with Crippen molar-refractivity contribution in [3.63, 3.8) is 0 Å². The topological polar surface area (TPSA) is 81.1 Å². The van der Waals surface area contributed by atoms with Gasteiger partial charge < -0.3 is 16.8 Å². The highest BCUT2D eigenvalue weighted by Crippen LogP contribution is 2.31. The molecule has 1 fully saturated rings. The Bertz CT molecular complexity index is 445. The summed E-state index contributed by atoms with van der Waals surface area (Å²) >= 11 is 0. The highest BCUT2D eigenvalue weighted by atomic mass is 16.1. The van der Waals surface area contributed by atoms with Crippen molar-refractivity contribution in [3.05, 3.63) is 23.8 Å². The Labute approximate surface area is 108 Å². The molecule has 5 N–H and O–H groups in total. The zero-order valence-electron chi connectivity index (χ0n) is 10.8. The number of carbonyl (C=O) groups excluding carboxylic acids is 1. The molecule has 2 unspecified atom stereocenters. The number of primary amides is 1. The number of carbonyl (C=O) groups is 1. The van der Waals surface area contributed by atoms with E-state index in [1.165, 1.54) is 19.3 Å². The van der Waals surface area contributed by atoms with Crippen molar-refractivity contribution in [2.45, 2.75) is 26.2 Å². The Morgan fingerprint density at radius 3 is 2.83 bits per heavy atom. The van der Waals surface area contributed by atoms with E-state index in [1.54, 1.807) is 12.1 Å². The molecule has 0 radical (unpaired) electrons. The molecule has 0 saturated heterocycles. The van der Waals surface area contributed by atoms with E-state index in [-0.39, 0.29) is 0 Å². The molecule has 1 aromatic rings. The van der Waals surface area contributed by atoms with Gasteiger partial charge in [0, 0.05) is 6.54 Å². The van der Waals surface area contributed by atoms with Crippen LogP contribution < -0.4 is 16.8 Å². The first-order chi connectivity index (χ1) is 8.58. The molecule has 0 bridgehead atoms. The number of anilines is 2. The third-order valence-electron chi connectivity index (χ3n) is 3.76. The number of hydrogen-bond acceptors (Lipinski definition) is 3. The Morgan fingerprint density at radius 1 is 1.44 bits per heavy atom. The van der Waals surface area contributed by atoms with E-state index in [2.05, 4.69) is 12.2 Å². The number of amides is 1. The SMILES string of the molecule is CC1CCC(CNc2cccc(C(N)=O)c2N)C1. The number of nitrogens with two attached hydrogens (primary N) is 2. The van der Waals surface area contributed by atoms with Gasteiger partial charge in [-0.1, -0.05) is 19.4 Å². The second kappa shape index (κ2) is 5.29. The molecule has 0 aliphatic heterocycles. The van der Waals surface area contributed by atoms with Crippen molar-refractivity contribution >= 4 is 17.3 Å². The van der Waals surface area contributed by atoms with Crippen molar-refractivity contribution in [2.75, 3.05) is 17.6 Å². The second-order valence-corrected chi connectivity index (χ2v) is 5.30. The number of nitrogen functional groups attached to an aromatic ring is 1. The number of para-hydroxylation sites is 1. The van der Waals surface area contributed by atoms with E-state index >= 15 is 0 Å². The van der Waals surface area contributed by atoms with Crippen LogP contribution in [0.2, 0.25) is 0 Å². The molecule has 0 heterocycles. The van der Waals surface area contributed by atoms with Crippen molar-refractivity contribution in [1.29, 1.82) is 0 Å². The first-order valence-corrected chi connectivity index (χ1v) is 6.50. The highest BCUT2D eigenvalue weighted by molar-refractivity contribution is 6.00. The van der Waals surface area contributed by atoms with Crippen LogP contribution in [0, 0.1) is 11.8 Å². The number of hydrogen-bond donors (Lipinski definition) is 3. The van der Waals surface area contributed by atoms with Gasteiger partial charge in [-0.3, -0.25) is 4.79 Å². The maximum atomic E-state index is 11.2. The normalized spacial score (nSPS) is 22.9. The molecular weight excluding hydrogens is 226 g/mol. The molecule has 4 heteroatoms. The van der Waals surface area contributed by atoms with Crippen LogP contribution in [-0.4, -0.2) is 12.5 Å². The summed E-state index contributed by atoms with van der Waals surface area (Å²) in [5, 5.41) is 3.34. The van der Waals surface area contributed by atoms with Crippen molar-refractivity contribution in [3.8, 4) is 0 Å². The fourth-order valence-electron chi connectivity index (χ4n) is 2.70. The van der Waals surface area contributed by atoms with Gasteiger partial charge in [-0.2, -0.15) is 0 Å². The average molecular weight is 247 g/mol. The summed E-state index contributed by atoms with van der Waals surface area (Å²) in [7, 11) is 0. The molecule has 4 nitrogen and oxygen atoms in total. The fraction of sp³-hybridized carbons (Fsp3) is 0.500. The summed E-state index contributed by atoms with van der Waals surface area (Å²) in [6.45, 7) is 3.21. The predicted octanol–water partition coefficient (Wildman–Crippen LogP) is 2.22. The lowest BCUT2D eigenvalue weighted by atomic mass is 10.1. The standard InChI is InChI=1S/C14H21N3O/c1-9-5-6-10(7-9)8-17-12-4-2-3-11(13(12)15)14(16)18/h2-4,9-10,17H,5-8,15H2,1H3,(H2,16,18). The molecule has 2 rings (SSSR count). The summed E-state index contributed by atoms with van der Waals surface area (Å²) in [5.41, 5.74) is 12.9. The largest absolute Gasteiger partial charge is 0.396 e. The van der Waals surface area contributed by atoms with Gasteiger partial charge in [0.25, 0.3) is 5.91 Å². The van der Waals surface area contributed by atoms with Gasteiger partial charge in [-0.05, 0) is 36.8 Å². The lowest BCUT2D eigenvalue weighted by molar-refractivity contribution is 0.100. The van der Waals surface area contributed by atoms with Crippen LogP contribution in [0.25, 0.3) is 0 Å². The van der Waals surface area contributed by atoms with Crippen molar-refractivity contribution in [2.24, 2.45) is 17.6 Å². The summed E-state index contributed by atoms with van der Waals surface area (Å²) in [6, 6.07) is 5.34. The van der Waals surface area contributed by atoms with Gasteiger partial charge in [0.15, 0.2) is 0 Å². The molecule has 1 aliphatic carbocycles. The molecule has 18 heavy (non-hydrogen) atoms. The minimum Gasteiger partial charge on any atom is -0.396 e. The molecular formula is C14H21N3O. The van der Waals surface area contributed by atoms with Gasteiger partial charge in [0.1, 0.15) is 0 Å². The van der Waals surface area contributed by atoms with Crippen molar-refractivity contribution in [1.82, 2.24) is 0 Å². The maximum Gasteiger partial charge on any atom is 0.250 e. The second-order valence-electron chi connectivity index (χ2n) is 5.30. The molecule has 98 valence electrons. The quantitative estimate of drug-likeness (QED) is 0.713. The molecule has 0 spiro atoms. The first-order valence-electron chi connectivity index (χ1n) is 6.50. The Kier molecular flexibility index (Phi) is 3.75. The molecule has 1 aliphatic rings. The van der Waals surface area contributed by atoms with Crippen LogP contribution in [0.1, 0.15) is 36.5 Å².